The highest BCUT2D eigenvalue weighted by Crippen LogP contribution is 2.32. The number of allylic oxidation sites excluding steroid dienone is 2. The lowest BCUT2D eigenvalue weighted by molar-refractivity contribution is 0.149. The van der Waals surface area contributed by atoms with Gasteiger partial charge in [-0.1, -0.05) is 42.5 Å². The van der Waals surface area contributed by atoms with E-state index in [9.17, 15) is 0 Å². The first-order chi connectivity index (χ1) is 10.8. The molecule has 0 spiro atoms. The molecule has 0 amide bonds. The molecule has 0 aliphatic heterocycles. The van der Waals surface area contributed by atoms with Crippen LogP contribution in [0.1, 0.15) is 50.2 Å². The van der Waals surface area contributed by atoms with Crippen molar-refractivity contribution in [2.75, 3.05) is 6.61 Å². The standard InChI is InChI=1S/C21H30O/c1-3-5-18-6-8-19(9-7-18)10-11-20-12-14-21(15-13-20)17-22-16-4-2/h3-5,12-15,18-19H,2,6-11,16-17H2,1H3/t18-,19-. The molecule has 1 aromatic rings. The number of hydrogen-bond acceptors (Lipinski definition) is 1. The minimum Gasteiger partial charge on any atom is -0.373 e. The molecule has 1 aliphatic carbocycles. The summed E-state index contributed by atoms with van der Waals surface area (Å²) in [5, 5.41) is 0. The molecule has 0 bridgehead atoms. The van der Waals surface area contributed by atoms with Crippen LogP contribution in [0.15, 0.2) is 49.1 Å². The molecule has 1 fully saturated rings. The summed E-state index contributed by atoms with van der Waals surface area (Å²) in [6.07, 6.45) is 14.5. The van der Waals surface area contributed by atoms with Gasteiger partial charge < -0.3 is 4.74 Å². The number of rotatable bonds is 8. The molecule has 0 saturated heterocycles. The van der Waals surface area contributed by atoms with Crippen molar-refractivity contribution >= 4 is 0 Å². The summed E-state index contributed by atoms with van der Waals surface area (Å²) in [5.74, 6) is 1.77. The SMILES string of the molecule is C=CCOCc1ccc(CC[C@H]2CC[C@H](C=CC)CC2)cc1. The van der Waals surface area contributed by atoms with E-state index in [0.717, 1.165) is 11.8 Å². The molecule has 0 N–H and O–H groups in total. The van der Waals surface area contributed by atoms with Gasteiger partial charge in [0.2, 0.25) is 0 Å². The molecule has 1 heteroatoms. The van der Waals surface area contributed by atoms with Crippen LogP contribution in [0.2, 0.25) is 0 Å². The van der Waals surface area contributed by atoms with Gasteiger partial charge in [-0.3, -0.25) is 0 Å². The minimum absolute atomic E-state index is 0.623. The van der Waals surface area contributed by atoms with Crippen molar-refractivity contribution in [1.82, 2.24) is 0 Å². The molecule has 0 unspecified atom stereocenters. The molecule has 1 nitrogen and oxygen atoms in total. The zero-order chi connectivity index (χ0) is 15.6. The fourth-order valence-corrected chi connectivity index (χ4v) is 3.37. The molecule has 1 aromatic carbocycles. The first-order valence-electron chi connectivity index (χ1n) is 8.71. The molecular formula is C21H30O. The third-order valence-corrected chi connectivity index (χ3v) is 4.72. The topological polar surface area (TPSA) is 9.23 Å². The summed E-state index contributed by atoms with van der Waals surface area (Å²) in [5.41, 5.74) is 2.71. The second-order valence-corrected chi connectivity index (χ2v) is 6.47. The number of hydrogen-bond donors (Lipinski definition) is 0. The highest BCUT2D eigenvalue weighted by atomic mass is 16.5. The van der Waals surface area contributed by atoms with E-state index in [2.05, 4.69) is 49.9 Å². The van der Waals surface area contributed by atoms with Crippen molar-refractivity contribution in [3.8, 4) is 0 Å². The Morgan fingerprint density at radius 2 is 1.77 bits per heavy atom. The van der Waals surface area contributed by atoms with Crippen molar-refractivity contribution < 1.29 is 4.74 Å². The average Bonchev–Trinajstić information content (AvgIpc) is 2.56. The van der Waals surface area contributed by atoms with Gasteiger partial charge in [0.25, 0.3) is 0 Å². The average molecular weight is 298 g/mol. The smallest absolute Gasteiger partial charge is 0.0721 e. The molecule has 0 heterocycles. The predicted molar refractivity (Wildman–Crippen MR) is 94.9 cm³/mol. The Labute approximate surface area is 136 Å². The van der Waals surface area contributed by atoms with Gasteiger partial charge in [0.15, 0.2) is 0 Å². The van der Waals surface area contributed by atoms with E-state index in [1.807, 2.05) is 0 Å². The summed E-state index contributed by atoms with van der Waals surface area (Å²) in [7, 11) is 0. The Hall–Kier alpha value is -1.34. The predicted octanol–water partition coefficient (Wildman–Crippen LogP) is 5.70. The van der Waals surface area contributed by atoms with Crippen molar-refractivity contribution in [3.05, 3.63) is 60.2 Å². The summed E-state index contributed by atoms with van der Waals surface area (Å²) in [6, 6.07) is 8.92. The zero-order valence-corrected chi connectivity index (χ0v) is 14.0. The Kier molecular flexibility index (Phi) is 7.45. The van der Waals surface area contributed by atoms with Crippen LogP contribution < -0.4 is 0 Å². The fourth-order valence-electron chi connectivity index (χ4n) is 3.37. The van der Waals surface area contributed by atoms with Gasteiger partial charge in [-0.05, 0) is 68.4 Å². The van der Waals surface area contributed by atoms with Crippen LogP contribution in [-0.4, -0.2) is 6.61 Å². The molecule has 22 heavy (non-hydrogen) atoms. The second kappa shape index (κ2) is 9.63. The van der Waals surface area contributed by atoms with Crippen LogP contribution in [0.4, 0.5) is 0 Å². The van der Waals surface area contributed by atoms with Crippen LogP contribution in [0.25, 0.3) is 0 Å². The van der Waals surface area contributed by atoms with Crippen molar-refractivity contribution in [2.45, 2.75) is 52.1 Å². The Morgan fingerprint density at radius 1 is 1.09 bits per heavy atom. The maximum absolute atomic E-state index is 5.47. The second-order valence-electron chi connectivity index (χ2n) is 6.47. The fraction of sp³-hybridized carbons (Fsp3) is 0.524. The molecule has 0 atom stereocenters. The van der Waals surface area contributed by atoms with Gasteiger partial charge in [-0.2, -0.15) is 0 Å². The van der Waals surface area contributed by atoms with E-state index in [4.69, 9.17) is 4.74 Å². The van der Waals surface area contributed by atoms with Crippen LogP contribution in [0.5, 0.6) is 0 Å². The largest absolute Gasteiger partial charge is 0.373 e. The zero-order valence-electron chi connectivity index (χ0n) is 14.0. The Balaban J connectivity index is 1.70. The van der Waals surface area contributed by atoms with E-state index in [-0.39, 0.29) is 0 Å². The number of aryl methyl sites for hydroxylation is 1. The van der Waals surface area contributed by atoms with Gasteiger partial charge in [0, 0.05) is 0 Å². The van der Waals surface area contributed by atoms with E-state index in [0.29, 0.717) is 13.2 Å². The van der Waals surface area contributed by atoms with E-state index < -0.39 is 0 Å². The maximum Gasteiger partial charge on any atom is 0.0721 e. The van der Waals surface area contributed by atoms with Crippen LogP contribution in [0, 0.1) is 11.8 Å². The lowest BCUT2D eigenvalue weighted by Gasteiger charge is -2.26. The number of ether oxygens (including phenoxy) is 1. The van der Waals surface area contributed by atoms with Gasteiger partial charge in [0.1, 0.15) is 0 Å². The lowest BCUT2D eigenvalue weighted by Crippen LogP contribution is -2.13. The third-order valence-electron chi connectivity index (χ3n) is 4.72. The van der Waals surface area contributed by atoms with E-state index >= 15 is 0 Å². The maximum atomic E-state index is 5.47. The third kappa shape index (κ3) is 5.81. The van der Waals surface area contributed by atoms with Gasteiger partial charge in [0.05, 0.1) is 13.2 Å². The van der Waals surface area contributed by atoms with Gasteiger partial charge in [-0.15, -0.1) is 6.58 Å². The normalized spacial score (nSPS) is 22.0. The minimum atomic E-state index is 0.623. The van der Waals surface area contributed by atoms with E-state index in [1.54, 1.807) is 6.08 Å². The van der Waals surface area contributed by atoms with Crippen molar-refractivity contribution in [3.63, 3.8) is 0 Å². The van der Waals surface area contributed by atoms with Crippen LogP contribution in [-0.2, 0) is 17.8 Å². The highest BCUT2D eigenvalue weighted by molar-refractivity contribution is 5.22. The van der Waals surface area contributed by atoms with Gasteiger partial charge >= 0.3 is 0 Å². The summed E-state index contributed by atoms with van der Waals surface area (Å²) in [4.78, 5) is 0. The Bertz CT molecular complexity index is 449. The first-order valence-corrected chi connectivity index (χ1v) is 8.71. The highest BCUT2D eigenvalue weighted by Gasteiger charge is 2.18. The monoisotopic (exact) mass is 298 g/mol. The molecule has 1 aliphatic rings. The summed E-state index contributed by atoms with van der Waals surface area (Å²) < 4.78 is 5.47. The number of benzene rings is 1. The van der Waals surface area contributed by atoms with Crippen LogP contribution >= 0.6 is 0 Å². The summed E-state index contributed by atoms with van der Waals surface area (Å²) in [6.45, 7) is 7.10. The van der Waals surface area contributed by atoms with E-state index in [1.165, 1.54) is 49.7 Å². The van der Waals surface area contributed by atoms with Crippen molar-refractivity contribution in [1.29, 1.82) is 0 Å². The van der Waals surface area contributed by atoms with Crippen molar-refractivity contribution in [2.24, 2.45) is 11.8 Å². The lowest BCUT2D eigenvalue weighted by atomic mass is 9.79. The molecule has 120 valence electrons. The van der Waals surface area contributed by atoms with Gasteiger partial charge in [-0.25, -0.2) is 0 Å². The molecule has 0 radical (unpaired) electrons. The quantitative estimate of drug-likeness (QED) is 0.441. The molecule has 0 aromatic heterocycles. The summed E-state index contributed by atoms with van der Waals surface area (Å²) >= 11 is 0. The molecular weight excluding hydrogens is 268 g/mol. The van der Waals surface area contributed by atoms with Crippen LogP contribution in [0.3, 0.4) is 0 Å². The first kappa shape index (κ1) is 17.0. The Morgan fingerprint density at radius 3 is 2.41 bits per heavy atom. The molecule has 1 saturated carbocycles. The molecule has 2 rings (SSSR count).